The van der Waals surface area contributed by atoms with E-state index in [2.05, 4.69) is 31.2 Å². The molecule has 1 fully saturated rings. The van der Waals surface area contributed by atoms with Crippen molar-refractivity contribution in [2.45, 2.75) is 39.0 Å². The Bertz CT molecular complexity index is 324. The maximum absolute atomic E-state index is 9.55. The standard InChI is InChI=1S/C14H20O/c1-12-5-4-6-13(9-12)10-14(11-15)7-2-3-8-14/h4-6,9,15H,2-3,7-8,10-11H2,1H3. The van der Waals surface area contributed by atoms with Gasteiger partial charge in [-0.1, -0.05) is 42.7 Å². The zero-order valence-corrected chi connectivity index (χ0v) is 9.50. The zero-order valence-electron chi connectivity index (χ0n) is 9.50. The molecule has 0 unspecified atom stereocenters. The number of aliphatic hydroxyl groups excluding tert-OH is 1. The van der Waals surface area contributed by atoms with Crippen LogP contribution in [0.25, 0.3) is 0 Å². The summed E-state index contributed by atoms with van der Waals surface area (Å²) in [5, 5.41) is 9.55. The van der Waals surface area contributed by atoms with E-state index in [0.717, 1.165) is 6.42 Å². The van der Waals surface area contributed by atoms with Gasteiger partial charge in [0.15, 0.2) is 0 Å². The van der Waals surface area contributed by atoms with Crippen molar-refractivity contribution in [2.75, 3.05) is 6.61 Å². The Kier molecular flexibility index (Phi) is 3.11. The van der Waals surface area contributed by atoms with E-state index < -0.39 is 0 Å². The van der Waals surface area contributed by atoms with Crippen LogP contribution in [0.4, 0.5) is 0 Å². The smallest absolute Gasteiger partial charge is 0.0490 e. The first-order valence-electron chi connectivity index (χ1n) is 5.91. The van der Waals surface area contributed by atoms with Crippen LogP contribution in [0.15, 0.2) is 24.3 Å². The molecule has 0 amide bonds. The maximum Gasteiger partial charge on any atom is 0.0490 e. The molecule has 0 spiro atoms. The fraction of sp³-hybridized carbons (Fsp3) is 0.571. The highest BCUT2D eigenvalue weighted by molar-refractivity contribution is 5.23. The van der Waals surface area contributed by atoms with E-state index in [1.165, 1.54) is 36.8 Å². The average molecular weight is 204 g/mol. The van der Waals surface area contributed by atoms with Gasteiger partial charge in [-0.2, -0.15) is 0 Å². The molecule has 0 saturated heterocycles. The quantitative estimate of drug-likeness (QED) is 0.802. The average Bonchev–Trinajstić information content (AvgIpc) is 2.67. The van der Waals surface area contributed by atoms with Gasteiger partial charge in [0.2, 0.25) is 0 Å². The summed E-state index contributed by atoms with van der Waals surface area (Å²) in [6.45, 7) is 2.48. The van der Waals surface area contributed by atoms with Crippen LogP contribution >= 0.6 is 0 Å². The molecule has 1 aliphatic carbocycles. The molecule has 0 radical (unpaired) electrons. The van der Waals surface area contributed by atoms with Crippen LogP contribution in [0.2, 0.25) is 0 Å². The molecule has 1 aliphatic rings. The van der Waals surface area contributed by atoms with Crippen LogP contribution in [0.1, 0.15) is 36.8 Å². The second-order valence-electron chi connectivity index (χ2n) is 5.03. The van der Waals surface area contributed by atoms with Crippen LogP contribution in [0.5, 0.6) is 0 Å². The molecule has 0 heterocycles. The summed E-state index contributed by atoms with van der Waals surface area (Å²) in [4.78, 5) is 0. The number of benzene rings is 1. The van der Waals surface area contributed by atoms with Crippen molar-refractivity contribution < 1.29 is 5.11 Å². The van der Waals surface area contributed by atoms with Crippen molar-refractivity contribution in [2.24, 2.45) is 5.41 Å². The molecule has 1 heteroatoms. The molecule has 0 bridgehead atoms. The van der Waals surface area contributed by atoms with Gasteiger partial charge in [0.1, 0.15) is 0 Å². The summed E-state index contributed by atoms with van der Waals surface area (Å²) in [5.74, 6) is 0. The first-order valence-corrected chi connectivity index (χ1v) is 5.91. The molecular weight excluding hydrogens is 184 g/mol. The predicted molar refractivity (Wildman–Crippen MR) is 62.9 cm³/mol. The van der Waals surface area contributed by atoms with Crippen LogP contribution in [0.3, 0.4) is 0 Å². The molecule has 1 N–H and O–H groups in total. The van der Waals surface area contributed by atoms with Crippen molar-refractivity contribution in [1.29, 1.82) is 0 Å². The Morgan fingerprint density at radius 1 is 1.27 bits per heavy atom. The molecule has 15 heavy (non-hydrogen) atoms. The Labute approximate surface area is 92.1 Å². The molecule has 0 atom stereocenters. The second-order valence-corrected chi connectivity index (χ2v) is 5.03. The van der Waals surface area contributed by atoms with Crippen molar-refractivity contribution in [1.82, 2.24) is 0 Å². The summed E-state index contributed by atoms with van der Waals surface area (Å²) >= 11 is 0. The lowest BCUT2D eigenvalue weighted by Gasteiger charge is -2.26. The minimum Gasteiger partial charge on any atom is -0.396 e. The van der Waals surface area contributed by atoms with Crippen molar-refractivity contribution in [3.8, 4) is 0 Å². The lowest BCUT2D eigenvalue weighted by molar-refractivity contribution is 0.130. The molecule has 1 saturated carbocycles. The first-order chi connectivity index (χ1) is 7.24. The molecule has 0 aromatic heterocycles. The Hall–Kier alpha value is -0.820. The minimum atomic E-state index is 0.188. The fourth-order valence-electron chi connectivity index (χ4n) is 2.77. The number of hydrogen-bond donors (Lipinski definition) is 1. The van der Waals surface area contributed by atoms with Crippen LogP contribution in [-0.4, -0.2) is 11.7 Å². The Balaban J connectivity index is 2.12. The van der Waals surface area contributed by atoms with E-state index in [9.17, 15) is 5.11 Å². The van der Waals surface area contributed by atoms with E-state index in [-0.39, 0.29) is 5.41 Å². The highest BCUT2D eigenvalue weighted by atomic mass is 16.3. The van der Waals surface area contributed by atoms with Crippen molar-refractivity contribution >= 4 is 0 Å². The highest BCUT2D eigenvalue weighted by Gasteiger charge is 2.33. The van der Waals surface area contributed by atoms with Crippen molar-refractivity contribution in [3.05, 3.63) is 35.4 Å². The van der Waals surface area contributed by atoms with Gasteiger partial charge in [0.25, 0.3) is 0 Å². The van der Waals surface area contributed by atoms with Gasteiger partial charge in [0.05, 0.1) is 0 Å². The van der Waals surface area contributed by atoms with E-state index in [1.807, 2.05) is 0 Å². The normalized spacial score (nSPS) is 19.3. The molecule has 0 aliphatic heterocycles. The third kappa shape index (κ3) is 2.40. The first kappa shape index (κ1) is 10.7. The number of rotatable bonds is 3. The molecule has 1 aromatic carbocycles. The molecule has 1 aromatic rings. The van der Waals surface area contributed by atoms with Gasteiger partial charge in [-0.05, 0) is 37.2 Å². The molecule has 82 valence electrons. The van der Waals surface area contributed by atoms with E-state index in [4.69, 9.17) is 0 Å². The minimum absolute atomic E-state index is 0.188. The Morgan fingerprint density at radius 2 is 2.00 bits per heavy atom. The lowest BCUT2D eigenvalue weighted by atomic mass is 9.81. The van der Waals surface area contributed by atoms with Gasteiger partial charge in [0, 0.05) is 6.61 Å². The third-order valence-electron chi connectivity index (χ3n) is 3.66. The number of aliphatic hydroxyl groups is 1. The number of aryl methyl sites for hydroxylation is 1. The fourth-order valence-corrected chi connectivity index (χ4v) is 2.77. The third-order valence-corrected chi connectivity index (χ3v) is 3.66. The van der Waals surface area contributed by atoms with Gasteiger partial charge in [-0.15, -0.1) is 0 Å². The SMILES string of the molecule is Cc1cccc(CC2(CO)CCCC2)c1. The molecular formula is C14H20O. The predicted octanol–water partition coefficient (Wildman–Crippen LogP) is 3.09. The zero-order chi connectivity index (χ0) is 10.7. The summed E-state index contributed by atoms with van der Waals surface area (Å²) in [6, 6.07) is 8.67. The van der Waals surface area contributed by atoms with Gasteiger partial charge in [-0.3, -0.25) is 0 Å². The van der Waals surface area contributed by atoms with Gasteiger partial charge < -0.3 is 5.11 Å². The van der Waals surface area contributed by atoms with Gasteiger partial charge >= 0.3 is 0 Å². The van der Waals surface area contributed by atoms with Crippen LogP contribution < -0.4 is 0 Å². The molecule has 1 nitrogen and oxygen atoms in total. The largest absolute Gasteiger partial charge is 0.396 e. The Morgan fingerprint density at radius 3 is 2.60 bits per heavy atom. The van der Waals surface area contributed by atoms with Gasteiger partial charge in [-0.25, -0.2) is 0 Å². The maximum atomic E-state index is 9.55. The summed E-state index contributed by atoms with van der Waals surface area (Å²) < 4.78 is 0. The summed E-state index contributed by atoms with van der Waals surface area (Å²) in [6.07, 6.45) is 6.00. The molecule has 2 rings (SSSR count). The summed E-state index contributed by atoms with van der Waals surface area (Å²) in [5.41, 5.74) is 2.89. The van der Waals surface area contributed by atoms with Crippen LogP contribution in [0, 0.1) is 12.3 Å². The van der Waals surface area contributed by atoms with E-state index >= 15 is 0 Å². The van der Waals surface area contributed by atoms with Crippen molar-refractivity contribution in [3.63, 3.8) is 0 Å². The van der Waals surface area contributed by atoms with Crippen LogP contribution in [-0.2, 0) is 6.42 Å². The highest BCUT2D eigenvalue weighted by Crippen LogP contribution is 2.40. The van der Waals surface area contributed by atoms with E-state index in [1.54, 1.807) is 0 Å². The second kappa shape index (κ2) is 4.36. The number of hydrogen-bond acceptors (Lipinski definition) is 1. The monoisotopic (exact) mass is 204 g/mol. The van der Waals surface area contributed by atoms with E-state index in [0.29, 0.717) is 6.61 Å². The topological polar surface area (TPSA) is 20.2 Å². The lowest BCUT2D eigenvalue weighted by Crippen LogP contribution is -2.24. The summed E-state index contributed by atoms with van der Waals surface area (Å²) in [7, 11) is 0.